The number of nitrogens with one attached hydrogen (secondary N) is 1. The number of rotatable bonds is 3. The zero-order chi connectivity index (χ0) is 19.1. The summed E-state index contributed by atoms with van der Waals surface area (Å²) in [6.07, 6.45) is 0. The standard InChI is InChI=1S/C22H13ClN2O2S/c23-19-15-8-1-4-11-18(15)28-20(19)21(26)24-14-7-5-6-13(12-14)22-25-16-9-2-3-10-17(16)27-22/h1-12H,(H,24,26). The third kappa shape index (κ3) is 2.95. The van der Waals surface area contributed by atoms with Gasteiger partial charge < -0.3 is 9.73 Å². The van der Waals surface area contributed by atoms with Crippen LogP contribution in [-0.4, -0.2) is 10.9 Å². The molecule has 1 amide bonds. The second-order valence-corrected chi connectivity index (χ2v) is 7.69. The SMILES string of the molecule is O=C(Nc1cccc(-c2nc3ccccc3o2)c1)c1sc2ccccc2c1Cl. The Morgan fingerprint density at radius 2 is 1.82 bits per heavy atom. The molecule has 0 aliphatic carbocycles. The van der Waals surface area contributed by atoms with Crippen molar-refractivity contribution in [2.75, 3.05) is 5.32 Å². The molecule has 0 saturated heterocycles. The molecule has 2 aromatic heterocycles. The van der Waals surface area contributed by atoms with Crippen LogP contribution >= 0.6 is 22.9 Å². The molecule has 5 aromatic rings. The van der Waals surface area contributed by atoms with Crippen LogP contribution in [-0.2, 0) is 0 Å². The van der Waals surface area contributed by atoms with Gasteiger partial charge in [0.25, 0.3) is 5.91 Å². The van der Waals surface area contributed by atoms with Crippen molar-refractivity contribution in [3.63, 3.8) is 0 Å². The van der Waals surface area contributed by atoms with Gasteiger partial charge in [0.05, 0.1) is 5.02 Å². The van der Waals surface area contributed by atoms with Gasteiger partial charge in [0.15, 0.2) is 5.58 Å². The van der Waals surface area contributed by atoms with Gasteiger partial charge in [-0.1, -0.05) is 48.0 Å². The second kappa shape index (κ2) is 6.78. The molecular weight excluding hydrogens is 392 g/mol. The lowest BCUT2D eigenvalue weighted by atomic mass is 10.2. The Labute approximate surface area is 169 Å². The van der Waals surface area contributed by atoms with E-state index in [1.54, 1.807) is 0 Å². The fourth-order valence-corrected chi connectivity index (χ4v) is 4.49. The number of aromatic nitrogens is 1. The van der Waals surface area contributed by atoms with E-state index in [0.717, 1.165) is 26.7 Å². The molecule has 0 radical (unpaired) electrons. The van der Waals surface area contributed by atoms with E-state index in [1.807, 2.05) is 72.8 Å². The molecule has 1 N–H and O–H groups in total. The summed E-state index contributed by atoms with van der Waals surface area (Å²) < 4.78 is 6.80. The summed E-state index contributed by atoms with van der Waals surface area (Å²) in [5.74, 6) is 0.276. The first-order chi connectivity index (χ1) is 13.7. The number of fused-ring (bicyclic) bond motifs is 2. The molecule has 0 spiro atoms. The highest BCUT2D eigenvalue weighted by Gasteiger charge is 2.17. The summed E-state index contributed by atoms with van der Waals surface area (Å²) in [6.45, 7) is 0. The van der Waals surface area contributed by atoms with Gasteiger partial charge in [-0.25, -0.2) is 4.98 Å². The molecule has 4 nitrogen and oxygen atoms in total. The summed E-state index contributed by atoms with van der Waals surface area (Å²) in [4.78, 5) is 17.8. The zero-order valence-corrected chi connectivity index (χ0v) is 16.1. The van der Waals surface area contributed by atoms with E-state index in [-0.39, 0.29) is 5.91 Å². The van der Waals surface area contributed by atoms with Crippen LogP contribution in [0, 0.1) is 0 Å². The van der Waals surface area contributed by atoms with Crippen LogP contribution in [0.25, 0.3) is 32.6 Å². The number of carbonyl (C=O) groups excluding carboxylic acids is 1. The summed E-state index contributed by atoms with van der Waals surface area (Å²) in [6, 6.07) is 22.7. The molecule has 28 heavy (non-hydrogen) atoms. The third-order valence-corrected chi connectivity index (χ3v) is 6.08. The van der Waals surface area contributed by atoms with Gasteiger partial charge in [0, 0.05) is 21.3 Å². The highest BCUT2D eigenvalue weighted by Crippen LogP contribution is 2.35. The molecular formula is C22H13ClN2O2S. The van der Waals surface area contributed by atoms with Crippen LogP contribution < -0.4 is 5.32 Å². The average Bonchev–Trinajstić information content (AvgIpc) is 3.30. The summed E-state index contributed by atoms with van der Waals surface area (Å²) in [5.41, 5.74) is 2.96. The van der Waals surface area contributed by atoms with Gasteiger partial charge in [-0.3, -0.25) is 4.79 Å². The van der Waals surface area contributed by atoms with Crippen LogP contribution in [0.4, 0.5) is 5.69 Å². The summed E-state index contributed by atoms with van der Waals surface area (Å²) in [5, 5.41) is 4.29. The van der Waals surface area contributed by atoms with Crippen molar-refractivity contribution < 1.29 is 9.21 Å². The number of thiophene rings is 1. The van der Waals surface area contributed by atoms with Gasteiger partial charge >= 0.3 is 0 Å². The van der Waals surface area contributed by atoms with Gasteiger partial charge in [-0.05, 0) is 36.4 Å². The predicted octanol–water partition coefficient (Wildman–Crippen LogP) is 6.62. The second-order valence-electron chi connectivity index (χ2n) is 6.26. The molecule has 5 rings (SSSR count). The molecule has 0 fully saturated rings. The number of anilines is 1. The van der Waals surface area contributed by atoms with E-state index < -0.39 is 0 Å². The summed E-state index contributed by atoms with van der Waals surface area (Å²) in [7, 11) is 0. The first-order valence-corrected chi connectivity index (χ1v) is 9.83. The zero-order valence-electron chi connectivity index (χ0n) is 14.5. The first-order valence-electron chi connectivity index (χ1n) is 8.63. The molecule has 0 bridgehead atoms. The topological polar surface area (TPSA) is 55.1 Å². The van der Waals surface area contributed by atoms with Crippen LogP contribution in [0.2, 0.25) is 5.02 Å². The lowest BCUT2D eigenvalue weighted by molar-refractivity contribution is 0.103. The lowest BCUT2D eigenvalue weighted by Gasteiger charge is -2.05. The molecule has 3 aromatic carbocycles. The van der Waals surface area contributed by atoms with E-state index >= 15 is 0 Å². The highest BCUT2D eigenvalue weighted by molar-refractivity contribution is 7.21. The largest absolute Gasteiger partial charge is 0.436 e. The Morgan fingerprint density at radius 3 is 2.68 bits per heavy atom. The molecule has 0 atom stereocenters. The Kier molecular flexibility index (Phi) is 4.11. The average molecular weight is 405 g/mol. The minimum absolute atomic E-state index is 0.235. The van der Waals surface area contributed by atoms with Gasteiger partial charge in [-0.2, -0.15) is 0 Å². The van der Waals surface area contributed by atoms with Gasteiger partial charge in [-0.15, -0.1) is 11.3 Å². The molecule has 6 heteroatoms. The summed E-state index contributed by atoms with van der Waals surface area (Å²) >= 11 is 7.80. The van der Waals surface area contributed by atoms with Crippen molar-refractivity contribution in [2.24, 2.45) is 0 Å². The van der Waals surface area contributed by atoms with Crippen molar-refractivity contribution in [3.05, 3.63) is 82.7 Å². The molecule has 0 unspecified atom stereocenters. The maximum Gasteiger partial charge on any atom is 0.267 e. The minimum atomic E-state index is -0.235. The number of benzene rings is 3. The normalized spacial score (nSPS) is 11.2. The number of oxazole rings is 1. The number of hydrogen-bond acceptors (Lipinski definition) is 4. The van der Waals surface area contributed by atoms with Crippen molar-refractivity contribution in [1.29, 1.82) is 0 Å². The van der Waals surface area contributed by atoms with Gasteiger partial charge in [0.2, 0.25) is 5.89 Å². The Balaban J connectivity index is 1.46. The maximum atomic E-state index is 12.8. The van der Waals surface area contributed by atoms with E-state index in [2.05, 4.69) is 10.3 Å². The molecule has 0 saturated carbocycles. The number of halogens is 1. The number of nitrogens with zero attached hydrogens (tertiary/aromatic N) is 1. The van der Waals surface area contributed by atoms with Crippen molar-refractivity contribution in [3.8, 4) is 11.5 Å². The number of carbonyl (C=O) groups is 1. The Morgan fingerprint density at radius 1 is 1.00 bits per heavy atom. The van der Waals surface area contributed by atoms with E-state index in [1.165, 1.54) is 11.3 Å². The van der Waals surface area contributed by atoms with Crippen LogP contribution in [0.3, 0.4) is 0 Å². The third-order valence-electron chi connectivity index (χ3n) is 4.40. The van der Waals surface area contributed by atoms with Crippen molar-refractivity contribution >= 4 is 55.7 Å². The van der Waals surface area contributed by atoms with Gasteiger partial charge in [0.1, 0.15) is 10.4 Å². The number of para-hydroxylation sites is 2. The lowest BCUT2D eigenvalue weighted by Crippen LogP contribution is -2.10. The van der Waals surface area contributed by atoms with Crippen LogP contribution in [0.5, 0.6) is 0 Å². The van der Waals surface area contributed by atoms with Crippen LogP contribution in [0.15, 0.2) is 77.2 Å². The van der Waals surface area contributed by atoms with E-state index in [4.69, 9.17) is 16.0 Å². The fraction of sp³-hybridized carbons (Fsp3) is 0. The first kappa shape index (κ1) is 17.0. The highest BCUT2D eigenvalue weighted by atomic mass is 35.5. The Bertz CT molecular complexity index is 1310. The number of amides is 1. The smallest absolute Gasteiger partial charge is 0.267 e. The maximum absolute atomic E-state index is 12.8. The molecule has 136 valence electrons. The van der Waals surface area contributed by atoms with Crippen molar-refractivity contribution in [1.82, 2.24) is 4.98 Å². The van der Waals surface area contributed by atoms with E-state index in [9.17, 15) is 4.79 Å². The van der Waals surface area contributed by atoms with Crippen LogP contribution in [0.1, 0.15) is 9.67 Å². The molecule has 0 aliphatic rings. The predicted molar refractivity (Wildman–Crippen MR) is 114 cm³/mol. The molecule has 0 aliphatic heterocycles. The van der Waals surface area contributed by atoms with Crippen molar-refractivity contribution in [2.45, 2.75) is 0 Å². The minimum Gasteiger partial charge on any atom is -0.436 e. The number of hydrogen-bond donors (Lipinski definition) is 1. The monoisotopic (exact) mass is 404 g/mol. The Hall–Kier alpha value is -3.15. The van der Waals surface area contributed by atoms with E-state index in [0.29, 0.717) is 21.5 Å². The molecule has 2 heterocycles. The quantitative estimate of drug-likeness (QED) is 0.368. The fourth-order valence-electron chi connectivity index (χ4n) is 3.07.